The summed E-state index contributed by atoms with van der Waals surface area (Å²) in [7, 11) is -0.866. The fourth-order valence-electron chi connectivity index (χ4n) is 5.14. The number of allylic oxidation sites excluding steroid dienone is 1. The Morgan fingerprint density at radius 1 is 1.33 bits per heavy atom. The van der Waals surface area contributed by atoms with Crippen LogP contribution in [0.1, 0.15) is 39.0 Å². The largest absolute Gasteiger partial charge is 0.390 e. The van der Waals surface area contributed by atoms with Gasteiger partial charge in [-0.15, -0.1) is 11.6 Å². The minimum Gasteiger partial charge on any atom is -0.390 e. The quantitative estimate of drug-likeness (QED) is 0.125. The molecule has 3 rings (SSSR count). The number of amides is 1. The van der Waals surface area contributed by atoms with E-state index in [1.54, 1.807) is 6.92 Å². The van der Waals surface area contributed by atoms with Gasteiger partial charge in [0.05, 0.1) is 36.2 Å². The summed E-state index contributed by atoms with van der Waals surface area (Å²) in [5.74, 6) is -3.00. The Balaban J connectivity index is 1.51. The highest BCUT2D eigenvalue weighted by Gasteiger charge is 2.45. The molecule has 1 saturated carbocycles. The zero-order valence-electron chi connectivity index (χ0n) is 21.0. The zero-order valence-corrected chi connectivity index (χ0v) is 22.7. The molecule has 11 heteroatoms. The Morgan fingerprint density at radius 3 is 2.69 bits per heavy atom. The highest BCUT2D eigenvalue weighted by Crippen LogP contribution is 2.41. The summed E-state index contributed by atoms with van der Waals surface area (Å²) in [6.45, 7) is 2.38. The second-order valence-corrected chi connectivity index (χ2v) is 13.5. The van der Waals surface area contributed by atoms with E-state index in [2.05, 4.69) is 16.0 Å². The van der Waals surface area contributed by atoms with Crippen molar-refractivity contribution in [2.24, 2.45) is 5.92 Å². The maximum Gasteiger partial charge on any atom is 0.263 e. The fourth-order valence-corrected chi connectivity index (χ4v) is 8.09. The Hall–Kier alpha value is -0.750. The molecule has 208 valence electrons. The second kappa shape index (κ2) is 13.4. The lowest BCUT2D eigenvalue weighted by Gasteiger charge is -2.46. The van der Waals surface area contributed by atoms with E-state index in [9.17, 15) is 28.9 Å². The minimum absolute atomic E-state index is 0.231. The maximum absolute atomic E-state index is 14.0. The highest BCUT2D eigenvalue weighted by molar-refractivity contribution is 8.17. The molecule has 1 amide bonds. The topological polar surface area (TPSA) is 114 Å². The fraction of sp³-hybridized carbons (Fsp3) is 0.800. The molecule has 0 spiro atoms. The summed E-state index contributed by atoms with van der Waals surface area (Å²) >= 11 is 6.42. The smallest absolute Gasteiger partial charge is 0.263 e. The van der Waals surface area contributed by atoms with E-state index in [0.717, 1.165) is 12.0 Å². The third-order valence-electron chi connectivity index (χ3n) is 7.64. The molecule has 2 aliphatic heterocycles. The van der Waals surface area contributed by atoms with Gasteiger partial charge in [-0.05, 0) is 45.4 Å². The molecule has 2 fully saturated rings. The van der Waals surface area contributed by atoms with Crippen LogP contribution in [-0.2, 0) is 4.79 Å². The van der Waals surface area contributed by atoms with Crippen molar-refractivity contribution in [2.45, 2.75) is 86.0 Å². The molecular weight excluding hydrogens is 512 g/mol. The van der Waals surface area contributed by atoms with Gasteiger partial charge in [0.15, 0.2) is 0 Å². The van der Waals surface area contributed by atoms with Crippen LogP contribution in [0.25, 0.3) is 0 Å². The number of hydrogen-bond donors (Lipinski definition) is 7. The van der Waals surface area contributed by atoms with Crippen LogP contribution < -0.4 is 16.0 Å². The lowest BCUT2D eigenvalue weighted by atomic mass is 9.80. The van der Waals surface area contributed by atoms with E-state index >= 15 is 0 Å². The van der Waals surface area contributed by atoms with Crippen LogP contribution in [0.5, 0.6) is 0 Å². The summed E-state index contributed by atoms with van der Waals surface area (Å²) in [6.07, 6.45) is 7.51. The third-order valence-corrected chi connectivity index (χ3v) is 10.5. The van der Waals surface area contributed by atoms with Crippen molar-refractivity contribution in [1.82, 2.24) is 16.0 Å². The number of carbonyl (C=O) groups excluding carboxylic acids is 1. The monoisotopic (exact) mass is 553 g/mol. The Labute approximate surface area is 220 Å². The highest BCUT2D eigenvalue weighted by atomic mass is 35.5. The van der Waals surface area contributed by atoms with Crippen molar-refractivity contribution in [3.8, 4) is 0 Å². The van der Waals surface area contributed by atoms with Crippen LogP contribution in [0.4, 0.5) is 8.78 Å². The van der Waals surface area contributed by atoms with Gasteiger partial charge in [0, 0.05) is 23.5 Å². The molecular formula is C25H42ClF2N3O4S. The molecule has 0 aromatic heterocycles. The number of rotatable bonds is 10. The standard InChI is InChI=1S/C25H42ClF2N3O4S/c1-15(26)20(23-22(34)21(33)19(32)13-36(23)2)31-24(35)18-9-8-16(10-12-30-18)5-4-11-29-14-25(27,28)17-6-3-7-17/h4-5,8,15,17-23,29-30,32-34,36H,3,6-7,9-14H2,1-2H3,(H,31,35)/b5-4+/t15-,18-,19-,20+,21-,22+,23+/m0/s1. The summed E-state index contributed by atoms with van der Waals surface area (Å²) in [6, 6.07) is -1.03. The van der Waals surface area contributed by atoms with Crippen molar-refractivity contribution in [1.29, 1.82) is 0 Å². The van der Waals surface area contributed by atoms with E-state index in [1.165, 1.54) is 0 Å². The van der Waals surface area contributed by atoms with Crippen LogP contribution >= 0.6 is 22.5 Å². The van der Waals surface area contributed by atoms with Gasteiger partial charge < -0.3 is 31.3 Å². The Kier molecular flexibility index (Phi) is 11.1. The first-order chi connectivity index (χ1) is 17.0. The number of alkyl halides is 3. The molecule has 2 heterocycles. The van der Waals surface area contributed by atoms with Crippen molar-refractivity contribution in [3.05, 3.63) is 23.8 Å². The lowest BCUT2D eigenvalue weighted by Crippen LogP contribution is -2.62. The number of aliphatic hydroxyl groups excluding tert-OH is 3. The average Bonchev–Trinajstić information content (AvgIpc) is 3.00. The molecule has 0 bridgehead atoms. The molecule has 7 nitrogen and oxygen atoms in total. The van der Waals surface area contributed by atoms with Crippen LogP contribution in [-0.4, -0.2) is 99.8 Å². The molecule has 0 radical (unpaired) electrons. The Morgan fingerprint density at radius 2 is 2.06 bits per heavy atom. The lowest BCUT2D eigenvalue weighted by molar-refractivity contribution is -0.124. The number of carbonyl (C=O) groups is 1. The first kappa shape index (κ1) is 29.8. The van der Waals surface area contributed by atoms with E-state index in [1.807, 2.05) is 24.5 Å². The number of halogens is 3. The normalized spacial score (nSPS) is 34.9. The first-order valence-electron chi connectivity index (χ1n) is 12.9. The summed E-state index contributed by atoms with van der Waals surface area (Å²) in [5, 5.41) is 38.9. The van der Waals surface area contributed by atoms with Crippen LogP contribution in [0.15, 0.2) is 23.8 Å². The molecule has 0 aromatic rings. The molecule has 36 heavy (non-hydrogen) atoms. The summed E-state index contributed by atoms with van der Waals surface area (Å²) < 4.78 is 27.9. The molecule has 3 aliphatic rings. The van der Waals surface area contributed by atoms with E-state index in [0.29, 0.717) is 44.5 Å². The SMILES string of the molecule is C[C@H](Cl)[C@@H](NC(=O)[C@@H]1CC=C(/C=C/CNCC(F)(F)C2CCC2)CCN1)[C@@H]1[C@H](O)[C@@H](O)[C@@H](O)C[SH]1C. The predicted molar refractivity (Wildman–Crippen MR) is 142 cm³/mol. The predicted octanol–water partition coefficient (Wildman–Crippen LogP) is 1.45. The van der Waals surface area contributed by atoms with Gasteiger partial charge in [0.25, 0.3) is 5.92 Å². The van der Waals surface area contributed by atoms with Gasteiger partial charge in [-0.1, -0.05) is 30.2 Å². The van der Waals surface area contributed by atoms with Crippen LogP contribution in [0.3, 0.4) is 0 Å². The molecule has 1 unspecified atom stereocenters. The molecule has 1 saturated heterocycles. The molecule has 0 aromatic carbocycles. The van der Waals surface area contributed by atoms with Crippen LogP contribution in [0, 0.1) is 5.92 Å². The van der Waals surface area contributed by atoms with Gasteiger partial charge in [-0.25, -0.2) is 19.7 Å². The third kappa shape index (κ3) is 7.65. The first-order valence-corrected chi connectivity index (χ1v) is 15.4. The average molecular weight is 554 g/mol. The maximum atomic E-state index is 14.0. The van der Waals surface area contributed by atoms with Gasteiger partial charge in [-0.2, -0.15) is 0 Å². The summed E-state index contributed by atoms with van der Waals surface area (Å²) in [4.78, 5) is 13.1. The van der Waals surface area contributed by atoms with Gasteiger partial charge in [-0.3, -0.25) is 4.79 Å². The van der Waals surface area contributed by atoms with Gasteiger partial charge >= 0.3 is 0 Å². The zero-order chi connectivity index (χ0) is 26.5. The minimum atomic E-state index is -2.65. The second-order valence-electron chi connectivity index (χ2n) is 10.4. The summed E-state index contributed by atoms with van der Waals surface area (Å²) in [5.41, 5.74) is 1.03. The van der Waals surface area contributed by atoms with E-state index in [4.69, 9.17) is 11.6 Å². The van der Waals surface area contributed by atoms with Gasteiger partial charge in [0.1, 0.15) is 6.10 Å². The van der Waals surface area contributed by atoms with Crippen molar-refractivity contribution in [2.75, 3.05) is 31.6 Å². The van der Waals surface area contributed by atoms with Crippen LogP contribution in [0.2, 0.25) is 0 Å². The van der Waals surface area contributed by atoms with Crippen molar-refractivity contribution in [3.63, 3.8) is 0 Å². The number of hydrogen-bond acceptors (Lipinski definition) is 6. The number of nitrogens with one attached hydrogen (secondary N) is 3. The number of aliphatic hydroxyl groups is 3. The van der Waals surface area contributed by atoms with E-state index < -0.39 is 63.8 Å². The van der Waals surface area contributed by atoms with Gasteiger partial charge in [0.2, 0.25) is 5.91 Å². The van der Waals surface area contributed by atoms with Crippen molar-refractivity contribution < 1.29 is 28.9 Å². The number of thiol groups is 1. The molecule has 8 atom stereocenters. The van der Waals surface area contributed by atoms with E-state index in [-0.39, 0.29) is 12.5 Å². The molecule has 1 aliphatic carbocycles. The Bertz CT molecular complexity index is 799. The van der Waals surface area contributed by atoms with Crippen molar-refractivity contribution >= 4 is 28.4 Å². The molecule has 6 N–H and O–H groups in total.